The van der Waals surface area contributed by atoms with Crippen LogP contribution in [-0.4, -0.2) is 62.0 Å². The number of benzene rings is 1. The molecule has 2 heterocycles. The van der Waals surface area contributed by atoms with Crippen LogP contribution in [0.5, 0.6) is 0 Å². The van der Waals surface area contributed by atoms with E-state index in [1.54, 1.807) is 6.92 Å². The molecule has 6 nitrogen and oxygen atoms in total. The largest absolute Gasteiger partial charge is 0.379 e. The van der Waals surface area contributed by atoms with Crippen LogP contribution in [0.2, 0.25) is 0 Å². The van der Waals surface area contributed by atoms with E-state index < -0.39 is 0 Å². The lowest BCUT2D eigenvalue weighted by atomic mass is 10.0. The molecule has 136 valence electrons. The number of ether oxygens (including phenoxy) is 1. The van der Waals surface area contributed by atoms with Gasteiger partial charge in [0.15, 0.2) is 0 Å². The number of amides is 1. The number of nitrogens with one attached hydrogen (secondary N) is 2. The van der Waals surface area contributed by atoms with Crippen molar-refractivity contribution in [1.82, 2.24) is 10.2 Å². The Morgan fingerprint density at radius 2 is 1.96 bits per heavy atom. The maximum absolute atomic E-state index is 12.3. The summed E-state index contributed by atoms with van der Waals surface area (Å²) in [6.45, 7) is 6.87. The summed E-state index contributed by atoms with van der Waals surface area (Å²) in [5, 5.41) is 6.06. The van der Waals surface area contributed by atoms with Gasteiger partial charge in [-0.05, 0) is 37.5 Å². The van der Waals surface area contributed by atoms with E-state index in [9.17, 15) is 9.59 Å². The molecule has 6 heteroatoms. The predicted molar refractivity (Wildman–Crippen MR) is 96.6 cm³/mol. The normalized spacial score (nSPS) is 24.2. The Hall–Kier alpha value is -1.76. The smallest absolute Gasteiger partial charge is 0.241 e. The van der Waals surface area contributed by atoms with Crippen molar-refractivity contribution >= 4 is 17.4 Å². The van der Waals surface area contributed by atoms with Crippen LogP contribution in [-0.2, 0) is 20.7 Å². The second kappa shape index (κ2) is 8.56. The lowest BCUT2D eigenvalue weighted by molar-refractivity contribution is -0.120. The molecule has 2 aliphatic rings. The molecular weight excluding hydrogens is 318 g/mol. The van der Waals surface area contributed by atoms with Crippen LogP contribution in [0, 0.1) is 5.92 Å². The second-order valence-electron chi connectivity index (χ2n) is 6.89. The van der Waals surface area contributed by atoms with E-state index in [0.717, 1.165) is 45.0 Å². The van der Waals surface area contributed by atoms with Crippen LogP contribution in [0.3, 0.4) is 0 Å². The summed E-state index contributed by atoms with van der Waals surface area (Å²) < 4.78 is 5.36. The van der Waals surface area contributed by atoms with Gasteiger partial charge < -0.3 is 15.4 Å². The topological polar surface area (TPSA) is 70.7 Å². The Kier molecular flexibility index (Phi) is 6.18. The Morgan fingerprint density at radius 3 is 2.60 bits per heavy atom. The first-order valence-corrected chi connectivity index (χ1v) is 9.05. The summed E-state index contributed by atoms with van der Waals surface area (Å²) in [6.07, 6.45) is 1.58. The fraction of sp³-hybridized carbons (Fsp3) is 0.579. The molecule has 2 fully saturated rings. The van der Waals surface area contributed by atoms with Gasteiger partial charge in [0, 0.05) is 37.8 Å². The molecule has 0 aromatic heterocycles. The highest BCUT2D eigenvalue weighted by Gasteiger charge is 2.31. The molecule has 2 N–H and O–H groups in total. The van der Waals surface area contributed by atoms with Crippen LogP contribution in [0.4, 0.5) is 5.69 Å². The Balaban J connectivity index is 1.45. The minimum absolute atomic E-state index is 0.0432. The number of ketones is 1. The SMILES string of the molecule is CC(=O)C1CNC(C(=O)Nc2ccc(CCN3CCOCC3)cc2)C1. The van der Waals surface area contributed by atoms with E-state index in [1.807, 2.05) is 12.1 Å². The van der Waals surface area contributed by atoms with E-state index in [1.165, 1.54) is 5.56 Å². The van der Waals surface area contributed by atoms with E-state index in [0.29, 0.717) is 13.0 Å². The number of Topliss-reactive ketones (excluding diaryl/α,β-unsaturated/α-hetero) is 1. The Labute approximate surface area is 148 Å². The van der Waals surface area contributed by atoms with Gasteiger partial charge in [-0.1, -0.05) is 12.1 Å². The van der Waals surface area contributed by atoms with Crippen molar-refractivity contribution in [3.05, 3.63) is 29.8 Å². The fourth-order valence-electron chi connectivity index (χ4n) is 3.34. The summed E-state index contributed by atoms with van der Waals surface area (Å²) in [5.74, 6) is 0.0375. The summed E-state index contributed by atoms with van der Waals surface area (Å²) in [6, 6.07) is 7.75. The highest BCUT2D eigenvalue weighted by molar-refractivity contribution is 5.95. The molecule has 0 spiro atoms. The van der Waals surface area contributed by atoms with Crippen molar-refractivity contribution in [3.8, 4) is 0 Å². The van der Waals surface area contributed by atoms with Gasteiger partial charge in [-0.3, -0.25) is 14.5 Å². The molecule has 1 aromatic rings. The van der Waals surface area contributed by atoms with E-state index in [4.69, 9.17) is 4.74 Å². The molecule has 2 unspecified atom stereocenters. The third-order valence-electron chi connectivity index (χ3n) is 5.06. The first-order chi connectivity index (χ1) is 12.1. The standard InChI is InChI=1S/C19H27N3O3/c1-14(23)16-12-18(20-13-16)19(24)21-17-4-2-15(3-5-17)6-7-22-8-10-25-11-9-22/h2-5,16,18,20H,6-13H2,1H3,(H,21,24). The third kappa shape index (κ3) is 5.11. The van der Waals surface area contributed by atoms with Gasteiger partial charge in [-0.15, -0.1) is 0 Å². The molecule has 1 amide bonds. The number of morpholine rings is 1. The van der Waals surface area contributed by atoms with Crippen molar-refractivity contribution in [2.45, 2.75) is 25.8 Å². The zero-order chi connectivity index (χ0) is 17.6. The van der Waals surface area contributed by atoms with Gasteiger partial charge in [-0.25, -0.2) is 0 Å². The third-order valence-corrected chi connectivity index (χ3v) is 5.06. The number of carbonyl (C=O) groups excluding carboxylic acids is 2. The van der Waals surface area contributed by atoms with Gasteiger partial charge in [0.2, 0.25) is 5.91 Å². The summed E-state index contributed by atoms with van der Waals surface area (Å²) in [5.41, 5.74) is 2.06. The van der Waals surface area contributed by atoms with Crippen LogP contribution >= 0.6 is 0 Å². The number of nitrogens with zero attached hydrogens (tertiary/aromatic N) is 1. The van der Waals surface area contributed by atoms with Crippen LogP contribution in [0.15, 0.2) is 24.3 Å². The Bertz CT molecular complexity index is 596. The zero-order valence-corrected chi connectivity index (χ0v) is 14.8. The van der Waals surface area contributed by atoms with Gasteiger partial charge in [0.1, 0.15) is 5.78 Å². The second-order valence-corrected chi connectivity index (χ2v) is 6.89. The molecule has 2 saturated heterocycles. The molecule has 0 radical (unpaired) electrons. The molecule has 25 heavy (non-hydrogen) atoms. The Morgan fingerprint density at radius 1 is 1.24 bits per heavy atom. The highest BCUT2D eigenvalue weighted by Crippen LogP contribution is 2.17. The molecule has 0 bridgehead atoms. The van der Waals surface area contributed by atoms with Gasteiger partial charge in [-0.2, -0.15) is 0 Å². The van der Waals surface area contributed by atoms with E-state index in [-0.39, 0.29) is 23.7 Å². The summed E-state index contributed by atoms with van der Waals surface area (Å²) >= 11 is 0. The lowest BCUT2D eigenvalue weighted by Crippen LogP contribution is -2.37. The fourth-order valence-corrected chi connectivity index (χ4v) is 3.34. The average Bonchev–Trinajstić information content (AvgIpc) is 3.13. The molecule has 0 saturated carbocycles. The minimum atomic E-state index is -0.283. The number of rotatable bonds is 6. The van der Waals surface area contributed by atoms with Crippen molar-refractivity contribution < 1.29 is 14.3 Å². The first-order valence-electron chi connectivity index (χ1n) is 9.05. The summed E-state index contributed by atoms with van der Waals surface area (Å²) in [4.78, 5) is 26.1. The average molecular weight is 345 g/mol. The minimum Gasteiger partial charge on any atom is -0.379 e. The molecule has 3 rings (SSSR count). The predicted octanol–water partition coefficient (Wildman–Crippen LogP) is 1.07. The molecule has 1 aromatic carbocycles. The number of hydrogen-bond acceptors (Lipinski definition) is 5. The first kappa shape index (κ1) is 18.0. The van der Waals surface area contributed by atoms with Crippen molar-refractivity contribution in [1.29, 1.82) is 0 Å². The molecular formula is C19H27N3O3. The van der Waals surface area contributed by atoms with Crippen molar-refractivity contribution in [3.63, 3.8) is 0 Å². The van der Waals surface area contributed by atoms with Gasteiger partial charge >= 0.3 is 0 Å². The van der Waals surface area contributed by atoms with Crippen molar-refractivity contribution in [2.24, 2.45) is 5.92 Å². The lowest BCUT2D eigenvalue weighted by Gasteiger charge is -2.26. The maximum atomic E-state index is 12.3. The van der Waals surface area contributed by atoms with Crippen molar-refractivity contribution in [2.75, 3.05) is 44.7 Å². The zero-order valence-electron chi connectivity index (χ0n) is 14.8. The molecule has 2 atom stereocenters. The summed E-state index contributed by atoms with van der Waals surface area (Å²) in [7, 11) is 0. The van der Waals surface area contributed by atoms with Gasteiger partial charge in [0.05, 0.1) is 19.3 Å². The van der Waals surface area contributed by atoms with Crippen LogP contribution in [0.1, 0.15) is 18.9 Å². The molecule has 0 aliphatic carbocycles. The van der Waals surface area contributed by atoms with Crippen LogP contribution < -0.4 is 10.6 Å². The van der Waals surface area contributed by atoms with E-state index >= 15 is 0 Å². The quantitative estimate of drug-likeness (QED) is 0.807. The highest BCUT2D eigenvalue weighted by atomic mass is 16.5. The van der Waals surface area contributed by atoms with E-state index in [2.05, 4.69) is 27.7 Å². The monoisotopic (exact) mass is 345 g/mol. The number of hydrogen-bond donors (Lipinski definition) is 2. The molecule has 2 aliphatic heterocycles. The maximum Gasteiger partial charge on any atom is 0.241 e. The van der Waals surface area contributed by atoms with Gasteiger partial charge in [0.25, 0.3) is 0 Å². The number of carbonyl (C=O) groups is 2. The van der Waals surface area contributed by atoms with Crippen LogP contribution in [0.25, 0.3) is 0 Å². The number of anilines is 1.